The van der Waals surface area contributed by atoms with Gasteiger partial charge in [0.15, 0.2) is 0 Å². The SMILES string of the molecule is Cc1ccccc1N(c1ccc2cc3c(cc2c1)oc1c3ccc2oc3cc4cc(N(c5ccccc5C)c5c(C)cc6oc7ccccc7c6c5C)ccc4cc3c21)c1c(C)cc2oc3ccccc3c2c1C. The fourth-order valence-corrected chi connectivity index (χ4v) is 12.4. The summed E-state index contributed by atoms with van der Waals surface area (Å²) >= 11 is 0. The van der Waals surface area contributed by atoms with Gasteiger partial charge in [0, 0.05) is 60.5 Å². The van der Waals surface area contributed by atoms with Crippen LogP contribution in [0.5, 0.6) is 0 Å². The van der Waals surface area contributed by atoms with Gasteiger partial charge in [0.05, 0.1) is 16.8 Å². The van der Waals surface area contributed by atoms with Crippen molar-refractivity contribution < 1.29 is 17.7 Å². The van der Waals surface area contributed by atoms with E-state index in [0.29, 0.717) is 0 Å². The molecule has 0 aliphatic carbocycles. The lowest BCUT2D eigenvalue weighted by Crippen LogP contribution is -2.14. The topological polar surface area (TPSA) is 59.0 Å². The number of para-hydroxylation sites is 4. The highest BCUT2D eigenvalue weighted by molar-refractivity contribution is 6.24. The number of benzene rings is 11. The van der Waals surface area contributed by atoms with E-state index in [9.17, 15) is 0 Å². The zero-order valence-electron chi connectivity index (χ0n) is 41.8. The summed E-state index contributed by atoms with van der Waals surface area (Å²) in [4.78, 5) is 4.83. The number of furan rings is 4. The first-order valence-electron chi connectivity index (χ1n) is 25.4. The van der Waals surface area contributed by atoms with Crippen LogP contribution in [0.15, 0.2) is 200 Å². The first kappa shape index (κ1) is 42.4. The summed E-state index contributed by atoms with van der Waals surface area (Å²) in [5.74, 6) is 0. The Kier molecular flexibility index (Phi) is 8.95. The molecule has 0 aliphatic heterocycles. The van der Waals surface area contributed by atoms with Crippen LogP contribution in [0.1, 0.15) is 33.4 Å². The Morgan fingerprint density at radius 1 is 0.284 bits per heavy atom. The number of hydrogen-bond donors (Lipinski definition) is 0. The van der Waals surface area contributed by atoms with Crippen molar-refractivity contribution in [2.45, 2.75) is 41.5 Å². The fraction of sp³-hybridized carbons (Fsp3) is 0.0882. The molecule has 0 unspecified atom stereocenters. The zero-order valence-corrected chi connectivity index (χ0v) is 41.8. The second-order valence-corrected chi connectivity index (χ2v) is 20.3. The average molecular weight is 957 g/mol. The van der Waals surface area contributed by atoms with Crippen molar-refractivity contribution >= 4 is 143 Å². The van der Waals surface area contributed by atoms with Gasteiger partial charge in [-0.3, -0.25) is 0 Å². The van der Waals surface area contributed by atoms with E-state index in [-0.39, 0.29) is 0 Å². The molecule has 0 amide bonds. The standard InChI is InChI=1S/C68H48N2O4/c1-37-15-7-11-19-54(37)69(66-39(3)29-61-63(41(66)5)50-17-9-13-21-56(50)71-61)47-25-23-43-33-52-49-27-28-58-65(68(49)74-59(52)35-45(43)31-47)53-34-44-24-26-48(32-46(44)36-60(53)73-58)70(55-20-12-8-16-38(55)2)67-40(4)30-62-64(42(67)6)51-18-10-14-22-57(51)72-62/h7-36H,1-6H3. The van der Waals surface area contributed by atoms with Gasteiger partial charge in [-0.1, -0.05) is 84.9 Å². The molecule has 11 aromatic carbocycles. The van der Waals surface area contributed by atoms with Crippen molar-refractivity contribution in [3.8, 4) is 0 Å². The van der Waals surface area contributed by atoms with E-state index >= 15 is 0 Å². The fourth-order valence-electron chi connectivity index (χ4n) is 12.4. The van der Waals surface area contributed by atoms with Crippen LogP contribution in [0.4, 0.5) is 34.1 Å². The van der Waals surface area contributed by atoms with Crippen molar-refractivity contribution in [2.24, 2.45) is 0 Å². The first-order valence-corrected chi connectivity index (χ1v) is 25.4. The number of hydrogen-bond acceptors (Lipinski definition) is 6. The van der Waals surface area contributed by atoms with E-state index in [4.69, 9.17) is 17.7 Å². The number of aryl methyl sites for hydroxylation is 6. The van der Waals surface area contributed by atoms with Crippen LogP contribution in [0.3, 0.4) is 0 Å². The van der Waals surface area contributed by atoms with Gasteiger partial charge in [-0.25, -0.2) is 0 Å². The van der Waals surface area contributed by atoms with E-state index in [1.807, 2.05) is 12.1 Å². The highest BCUT2D eigenvalue weighted by atomic mass is 16.3. The van der Waals surface area contributed by atoms with Crippen LogP contribution < -0.4 is 9.80 Å². The molecular weight excluding hydrogens is 909 g/mol. The van der Waals surface area contributed by atoms with Crippen molar-refractivity contribution in [1.82, 2.24) is 0 Å². The minimum atomic E-state index is 0.796. The van der Waals surface area contributed by atoms with Gasteiger partial charge in [-0.2, -0.15) is 0 Å². The molecule has 15 rings (SSSR count). The second-order valence-electron chi connectivity index (χ2n) is 20.3. The van der Waals surface area contributed by atoms with Crippen LogP contribution in [-0.4, -0.2) is 0 Å². The minimum absolute atomic E-state index is 0.796. The monoisotopic (exact) mass is 956 g/mol. The lowest BCUT2D eigenvalue weighted by molar-refractivity contribution is 0.663. The normalized spacial score (nSPS) is 12.2. The molecule has 354 valence electrons. The third-order valence-corrected chi connectivity index (χ3v) is 15.8. The Labute approximate surface area is 425 Å². The summed E-state index contributed by atoms with van der Waals surface area (Å²) in [5, 5.41) is 13.1. The molecule has 74 heavy (non-hydrogen) atoms. The van der Waals surface area contributed by atoms with Crippen LogP contribution in [0, 0.1) is 41.5 Å². The summed E-state index contributed by atoms with van der Waals surface area (Å²) in [6.45, 7) is 13.2. The van der Waals surface area contributed by atoms with Crippen molar-refractivity contribution in [1.29, 1.82) is 0 Å². The van der Waals surface area contributed by atoms with Gasteiger partial charge >= 0.3 is 0 Å². The smallest absolute Gasteiger partial charge is 0.147 e. The van der Waals surface area contributed by atoms with Gasteiger partial charge in [-0.15, -0.1) is 0 Å². The van der Waals surface area contributed by atoms with E-state index < -0.39 is 0 Å². The average Bonchev–Trinajstić information content (AvgIpc) is 4.19. The summed E-state index contributed by atoms with van der Waals surface area (Å²) in [7, 11) is 0. The molecule has 0 radical (unpaired) electrons. The van der Waals surface area contributed by atoms with Crippen molar-refractivity contribution in [3.63, 3.8) is 0 Å². The van der Waals surface area contributed by atoms with Crippen LogP contribution in [-0.2, 0) is 0 Å². The molecule has 0 fully saturated rings. The Hall–Kier alpha value is -9.26. The maximum absolute atomic E-state index is 7.00. The second kappa shape index (κ2) is 15.6. The van der Waals surface area contributed by atoms with Gasteiger partial charge in [0.2, 0.25) is 0 Å². The highest BCUT2D eigenvalue weighted by Gasteiger charge is 2.26. The number of fused-ring (bicyclic) bond motifs is 15. The van der Waals surface area contributed by atoms with E-state index in [1.165, 1.54) is 22.3 Å². The lowest BCUT2D eigenvalue weighted by Gasteiger charge is -2.30. The number of rotatable bonds is 6. The van der Waals surface area contributed by atoms with Gasteiger partial charge < -0.3 is 27.5 Å². The van der Waals surface area contributed by atoms with Gasteiger partial charge in [-0.05, 0) is 194 Å². The largest absolute Gasteiger partial charge is 0.456 e. The Bertz CT molecular complexity index is 4890. The number of anilines is 6. The highest BCUT2D eigenvalue weighted by Crippen LogP contribution is 2.49. The predicted octanol–water partition coefficient (Wildman–Crippen LogP) is 20.4. The minimum Gasteiger partial charge on any atom is -0.456 e. The summed E-state index contributed by atoms with van der Waals surface area (Å²) < 4.78 is 26.5. The molecule has 0 bridgehead atoms. The third-order valence-electron chi connectivity index (χ3n) is 15.8. The third kappa shape index (κ3) is 6.12. The molecule has 4 aromatic heterocycles. The first-order chi connectivity index (χ1) is 36.1. The molecule has 0 saturated carbocycles. The molecule has 0 N–H and O–H groups in total. The number of nitrogens with zero attached hydrogens (tertiary/aromatic N) is 2. The quantitative estimate of drug-likeness (QED) is 0.165. The summed E-state index contributed by atoms with van der Waals surface area (Å²) in [6, 6.07) is 65.1. The molecule has 0 spiro atoms. The molecule has 4 heterocycles. The molecule has 6 heteroatoms. The molecular formula is C68H48N2O4. The zero-order chi connectivity index (χ0) is 49.7. The van der Waals surface area contributed by atoms with E-state index in [1.54, 1.807) is 0 Å². The Balaban J connectivity index is 0.869. The molecule has 0 aliphatic rings. The molecule has 0 atom stereocenters. The maximum Gasteiger partial charge on any atom is 0.147 e. The summed E-state index contributed by atoms with van der Waals surface area (Å²) in [6.07, 6.45) is 0. The Morgan fingerprint density at radius 2 is 0.757 bits per heavy atom. The van der Waals surface area contributed by atoms with Crippen molar-refractivity contribution in [3.05, 3.63) is 215 Å². The van der Waals surface area contributed by atoms with Gasteiger partial charge in [0.25, 0.3) is 0 Å². The van der Waals surface area contributed by atoms with Crippen LogP contribution in [0.2, 0.25) is 0 Å². The molecule has 15 aromatic rings. The van der Waals surface area contributed by atoms with E-state index in [2.05, 4.69) is 221 Å². The van der Waals surface area contributed by atoms with Crippen molar-refractivity contribution in [2.75, 3.05) is 9.80 Å². The van der Waals surface area contributed by atoms with Crippen LogP contribution >= 0.6 is 0 Å². The Morgan fingerprint density at radius 3 is 1.30 bits per heavy atom. The van der Waals surface area contributed by atoms with E-state index in [0.717, 1.165) is 155 Å². The lowest BCUT2D eigenvalue weighted by atomic mass is 9.98. The molecule has 6 nitrogen and oxygen atoms in total. The van der Waals surface area contributed by atoms with Crippen LogP contribution in [0.25, 0.3) is 109 Å². The molecule has 0 saturated heterocycles. The van der Waals surface area contributed by atoms with Gasteiger partial charge in [0.1, 0.15) is 44.7 Å². The maximum atomic E-state index is 7.00. The predicted molar refractivity (Wildman–Crippen MR) is 308 cm³/mol. The summed E-state index contributed by atoms with van der Waals surface area (Å²) in [5.41, 5.74) is 20.6.